The molecule has 36 heavy (non-hydrogen) atoms. The average molecular weight is 503 g/mol. The van der Waals surface area contributed by atoms with Gasteiger partial charge in [0.15, 0.2) is 0 Å². The lowest BCUT2D eigenvalue weighted by atomic mass is 9.75. The molecule has 0 radical (unpaired) electrons. The number of nitrogens with zero attached hydrogens (tertiary/aromatic N) is 1. The van der Waals surface area contributed by atoms with Gasteiger partial charge in [-0.3, -0.25) is 9.59 Å². The summed E-state index contributed by atoms with van der Waals surface area (Å²) in [6.45, 7) is 4.04. The number of allylic oxidation sites excluding steroid dienone is 3. The Morgan fingerprint density at radius 2 is 1.75 bits per heavy atom. The van der Waals surface area contributed by atoms with Gasteiger partial charge in [0.05, 0.1) is 5.82 Å². The van der Waals surface area contributed by atoms with Gasteiger partial charge in [0, 0.05) is 38.5 Å². The molecule has 7 nitrogen and oxygen atoms in total. The largest absolute Gasteiger partial charge is 0.481 e. The third-order valence-corrected chi connectivity index (χ3v) is 8.16. The number of aliphatic carboxylic acids is 1. The number of rotatable bonds is 11. The third-order valence-electron chi connectivity index (χ3n) is 8.16. The molecular formula is C29H50N4O3. The first-order valence-corrected chi connectivity index (χ1v) is 14.7. The maximum absolute atomic E-state index is 11.9. The van der Waals surface area contributed by atoms with Crippen LogP contribution in [0, 0.1) is 5.92 Å². The molecule has 7 heteroatoms. The van der Waals surface area contributed by atoms with E-state index in [4.69, 9.17) is 10.8 Å². The van der Waals surface area contributed by atoms with E-state index in [-0.39, 0.29) is 18.4 Å². The van der Waals surface area contributed by atoms with Crippen LogP contribution in [-0.4, -0.2) is 54.1 Å². The molecule has 0 bridgehead atoms. The number of hydrogen-bond acceptors (Lipinski definition) is 5. The Bertz CT molecular complexity index is 748. The van der Waals surface area contributed by atoms with Crippen molar-refractivity contribution in [3.8, 4) is 0 Å². The van der Waals surface area contributed by atoms with Crippen LogP contribution >= 0.6 is 0 Å². The average Bonchev–Trinajstić information content (AvgIpc) is 3.30. The first kappa shape index (κ1) is 28.5. The number of amides is 1. The summed E-state index contributed by atoms with van der Waals surface area (Å²) in [4.78, 5) is 24.9. The highest BCUT2D eigenvalue weighted by Crippen LogP contribution is 2.38. The summed E-state index contributed by atoms with van der Waals surface area (Å²) in [5.74, 6) is 0.753. The molecule has 1 saturated heterocycles. The van der Waals surface area contributed by atoms with Crippen molar-refractivity contribution < 1.29 is 14.7 Å². The minimum atomic E-state index is -0.841. The van der Waals surface area contributed by atoms with E-state index >= 15 is 0 Å². The molecule has 2 aliphatic heterocycles. The van der Waals surface area contributed by atoms with Crippen molar-refractivity contribution in [3.05, 3.63) is 23.0 Å². The number of carboxylic acids is 1. The molecule has 2 heterocycles. The predicted octanol–water partition coefficient (Wildman–Crippen LogP) is 4.83. The second-order valence-corrected chi connectivity index (χ2v) is 11.1. The van der Waals surface area contributed by atoms with Crippen LogP contribution in [0.5, 0.6) is 0 Å². The summed E-state index contributed by atoms with van der Waals surface area (Å²) in [5.41, 5.74) is 8.98. The monoisotopic (exact) mass is 502 g/mol. The van der Waals surface area contributed by atoms with Gasteiger partial charge >= 0.3 is 5.97 Å². The summed E-state index contributed by atoms with van der Waals surface area (Å²) >= 11 is 0. The standard InChI is InChI=1S/C23H38N4O3.C6H12/c24-23-19(6-4-12-25-23)15-18-10-9-17(18)5-1-2-13-27-14-11-20(16-27)26-21(28)7-3-8-22(29)30;1-2-4-6-5-3-1/h15,17,20,25H,1-14,16,24H2,(H,26,28)(H,29,30);1-6H2/b18-15-;. The molecule has 0 aromatic carbocycles. The first-order chi connectivity index (χ1) is 17.5. The fourth-order valence-electron chi connectivity index (χ4n) is 5.80. The number of hydrogen-bond donors (Lipinski definition) is 4. The maximum atomic E-state index is 11.9. The Balaban J connectivity index is 0.000000526. The Morgan fingerprint density at radius 1 is 1.00 bits per heavy atom. The van der Waals surface area contributed by atoms with E-state index in [1.54, 1.807) is 5.57 Å². The highest BCUT2D eigenvalue weighted by molar-refractivity contribution is 5.77. The molecule has 4 rings (SSSR count). The van der Waals surface area contributed by atoms with E-state index in [9.17, 15) is 9.59 Å². The minimum Gasteiger partial charge on any atom is -0.481 e. The van der Waals surface area contributed by atoms with Gasteiger partial charge in [-0.05, 0) is 69.4 Å². The van der Waals surface area contributed by atoms with Gasteiger partial charge in [-0.15, -0.1) is 0 Å². The van der Waals surface area contributed by atoms with Gasteiger partial charge in [-0.2, -0.15) is 0 Å². The molecule has 204 valence electrons. The van der Waals surface area contributed by atoms with E-state index in [2.05, 4.69) is 21.6 Å². The molecule has 2 saturated carbocycles. The summed E-state index contributed by atoms with van der Waals surface area (Å²) in [6.07, 6.45) is 21.7. The quantitative estimate of drug-likeness (QED) is 0.301. The highest BCUT2D eigenvalue weighted by Gasteiger charge is 2.26. The summed E-state index contributed by atoms with van der Waals surface area (Å²) in [6, 6.07) is 0.214. The van der Waals surface area contributed by atoms with Crippen LogP contribution in [0.2, 0.25) is 0 Å². The van der Waals surface area contributed by atoms with Crippen LogP contribution in [0.4, 0.5) is 0 Å². The molecule has 2 unspecified atom stereocenters. The fourth-order valence-corrected chi connectivity index (χ4v) is 5.80. The first-order valence-electron chi connectivity index (χ1n) is 14.7. The predicted molar refractivity (Wildman–Crippen MR) is 145 cm³/mol. The summed E-state index contributed by atoms with van der Waals surface area (Å²) in [7, 11) is 0. The van der Waals surface area contributed by atoms with Crippen LogP contribution in [-0.2, 0) is 9.59 Å². The van der Waals surface area contributed by atoms with E-state index < -0.39 is 5.97 Å². The molecule has 2 aliphatic carbocycles. The van der Waals surface area contributed by atoms with Crippen LogP contribution < -0.4 is 16.4 Å². The number of likely N-dealkylation sites (tertiary alicyclic amines) is 1. The lowest BCUT2D eigenvalue weighted by molar-refractivity contribution is -0.137. The lowest BCUT2D eigenvalue weighted by Crippen LogP contribution is -2.37. The zero-order valence-corrected chi connectivity index (χ0v) is 22.4. The molecule has 0 aromatic heterocycles. The third kappa shape index (κ3) is 10.5. The van der Waals surface area contributed by atoms with E-state index in [0.29, 0.717) is 12.8 Å². The van der Waals surface area contributed by atoms with Crippen molar-refractivity contribution in [2.24, 2.45) is 11.7 Å². The van der Waals surface area contributed by atoms with Gasteiger partial charge in [0.1, 0.15) is 0 Å². The Morgan fingerprint density at radius 3 is 2.39 bits per heavy atom. The topological polar surface area (TPSA) is 108 Å². The highest BCUT2D eigenvalue weighted by atomic mass is 16.4. The maximum Gasteiger partial charge on any atom is 0.303 e. The van der Waals surface area contributed by atoms with Crippen LogP contribution in [0.3, 0.4) is 0 Å². The van der Waals surface area contributed by atoms with E-state index in [1.807, 2.05) is 0 Å². The number of nitrogens with two attached hydrogens (primary N) is 1. The van der Waals surface area contributed by atoms with E-state index in [1.165, 1.54) is 82.6 Å². The van der Waals surface area contributed by atoms with Crippen LogP contribution in [0.15, 0.2) is 23.0 Å². The molecular weight excluding hydrogens is 452 g/mol. The SMILES string of the molecule is C1CCCCC1.NC1=C(/C=C2/CCC2CCCCN2CCC(NC(=O)CCCC(=O)O)C2)CCCN1. The van der Waals surface area contributed by atoms with Gasteiger partial charge in [-0.25, -0.2) is 0 Å². The van der Waals surface area contributed by atoms with Crippen molar-refractivity contribution in [1.29, 1.82) is 0 Å². The number of carbonyl (C=O) groups excluding carboxylic acids is 1. The van der Waals surface area contributed by atoms with Crippen molar-refractivity contribution in [1.82, 2.24) is 15.5 Å². The molecule has 0 spiro atoms. The molecule has 4 aliphatic rings. The fraction of sp³-hybridized carbons (Fsp3) is 0.793. The number of carboxylic acid groups (broad SMARTS) is 1. The van der Waals surface area contributed by atoms with Crippen molar-refractivity contribution in [2.45, 2.75) is 115 Å². The normalized spacial score (nSPS) is 25.5. The van der Waals surface area contributed by atoms with E-state index in [0.717, 1.165) is 50.8 Å². The Kier molecular flexibility index (Phi) is 12.7. The number of carbonyl (C=O) groups is 2. The molecule has 1 amide bonds. The number of unbranched alkanes of at least 4 members (excludes halogenated alkanes) is 1. The zero-order valence-electron chi connectivity index (χ0n) is 22.4. The number of nitrogens with one attached hydrogen (secondary N) is 2. The molecule has 2 atom stereocenters. The van der Waals surface area contributed by atoms with Crippen molar-refractivity contribution in [3.63, 3.8) is 0 Å². The second kappa shape index (κ2) is 16.0. The zero-order chi connectivity index (χ0) is 25.6. The van der Waals surface area contributed by atoms with Crippen LogP contribution in [0.25, 0.3) is 0 Å². The Hall–Kier alpha value is -2.02. The summed E-state index contributed by atoms with van der Waals surface area (Å²) in [5, 5.41) is 15.0. The second-order valence-electron chi connectivity index (χ2n) is 11.1. The molecule has 0 aromatic rings. The lowest BCUT2D eigenvalue weighted by Gasteiger charge is -2.31. The molecule has 3 fully saturated rings. The van der Waals surface area contributed by atoms with Crippen LogP contribution in [0.1, 0.15) is 109 Å². The van der Waals surface area contributed by atoms with Gasteiger partial charge in [0.2, 0.25) is 5.91 Å². The Labute approximate surface area is 218 Å². The van der Waals surface area contributed by atoms with Gasteiger partial charge in [-0.1, -0.05) is 56.6 Å². The molecule has 5 N–H and O–H groups in total. The summed E-state index contributed by atoms with van der Waals surface area (Å²) < 4.78 is 0. The van der Waals surface area contributed by atoms with Gasteiger partial charge in [0.25, 0.3) is 0 Å². The van der Waals surface area contributed by atoms with Gasteiger partial charge < -0.3 is 26.4 Å². The minimum absolute atomic E-state index is 0.0173. The smallest absolute Gasteiger partial charge is 0.303 e. The van der Waals surface area contributed by atoms with Crippen molar-refractivity contribution in [2.75, 3.05) is 26.2 Å². The van der Waals surface area contributed by atoms with Crippen molar-refractivity contribution >= 4 is 11.9 Å².